The van der Waals surface area contributed by atoms with Crippen LogP contribution < -0.4 is 15.4 Å². The molecule has 136 valence electrons. The highest BCUT2D eigenvalue weighted by molar-refractivity contribution is 8.00. The van der Waals surface area contributed by atoms with Crippen molar-refractivity contribution in [2.45, 2.75) is 24.5 Å². The molecule has 2 amide bonds. The molecule has 5 nitrogen and oxygen atoms in total. The van der Waals surface area contributed by atoms with E-state index >= 15 is 0 Å². The summed E-state index contributed by atoms with van der Waals surface area (Å²) in [6.07, 6.45) is 0. The highest BCUT2D eigenvalue weighted by atomic mass is 32.2. The smallest absolute Gasteiger partial charge is 0.387 e. The van der Waals surface area contributed by atoms with Crippen molar-refractivity contribution in [1.29, 1.82) is 0 Å². The summed E-state index contributed by atoms with van der Waals surface area (Å²) in [7, 11) is 0. The molecule has 1 unspecified atom stereocenters. The van der Waals surface area contributed by atoms with Crippen LogP contribution in [-0.4, -0.2) is 24.2 Å². The third kappa shape index (κ3) is 4.32. The van der Waals surface area contributed by atoms with Crippen LogP contribution in [0, 0.1) is 0 Å². The number of fused-ring (bicyclic) bond motifs is 1. The first-order valence-electron chi connectivity index (χ1n) is 7.84. The molecule has 2 aromatic rings. The number of alkyl halides is 2. The molecular formula is C18H16F2N2O3S. The molecule has 0 spiro atoms. The highest BCUT2D eigenvalue weighted by Gasteiger charge is 2.18. The Hall–Kier alpha value is -2.61. The molecule has 1 aliphatic heterocycles. The van der Waals surface area contributed by atoms with Gasteiger partial charge in [0.2, 0.25) is 5.91 Å². The van der Waals surface area contributed by atoms with E-state index in [0.29, 0.717) is 17.0 Å². The summed E-state index contributed by atoms with van der Waals surface area (Å²) < 4.78 is 28.7. The maximum atomic E-state index is 12.5. The van der Waals surface area contributed by atoms with Gasteiger partial charge in [0.25, 0.3) is 5.91 Å². The first kappa shape index (κ1) is 18.2. The van der Waals surface area contributed by atoms with Crippen LogP contribution in [0.2, 0.25) is 0 Å². The predicted octanol–water partition coefficient (Wildman–Crippen LogP) is 3.82. The Kier molecular flexibility index (Phi) is 5.41. The largest absolute Gasteiger partial charge is 0.435 e. The number of hydrogen-bond donors (Lipinski definition) is 2. The lowest BCUT2D eigenvalue weighted by Crippen LogP contribution is -2.27. The van der Waals surface area contributed by atoms with Gasteiger partial charge in [-0.15, -0.1) is 11.8 Å². The Morgan fingerprint density at radius 2 is 1.96 bits per heavy atom. The van der Waals surface area contributed by atoms with Crippen molar-refractivity contribution >= 4 is 29.3 Å². The van der Waals surface area contributed by atoms with E-state index in [9.17, 15) is 18.4 Å². The molecule has 1 aliphatic rings. The van der Waals surface area contributed by atoms with E-state index in [-0.39, 0.29) is 23.6 Å². The van der Waals surface area contributed by atoms with Crippen LogP contribution in [0.15, 0.2) is 47.4 Å². The zero-order chi connectivity index (χ0) is 18.7. The summed E-state index contributed by atoms with van der Waals surface area (Å²) in [5.74, 6) is 0.0312. The molecule has 2 aromatic carbocycles. The Balaban J connectivity index is 1.67. The Labute approximate surface area is 153 Å². The van der Waals surface area contributed by atoms with Crippen LogP contribution in [-0.2, 0) is 4.79 Å². The molecule has 0 aliphatic carbocycles. The zero-order valence-electron chi connectivity index (χ0n) is 13.8. The number of ether oxygens (including phenoxy) is 1. The van der Waals surface area contributed by atoms with E-state index in [1.54, 1.807) is 37.3 Å². The molecular weight excluding hydrogens is 362 g/mol. The van der Waals surface area contributed by atoms with Gasteiger partial charge in [-0.1, -0.05) is 12.1 Å². The van der Waals surface area contributed by atoms with Gasteiger partial charge in [0.15, 0.2) is 0 Å². The molecule has 8 heteroatoms. The number of thioether (sulfide) groups is 1. The summed E-state index contributed by atoms with van der Waals surface area (Å²) >= 11 is 1.42. The van der Waals surface area contributed by atoms with Crippen molar-refractivity contribution < 1.29 is 23.1 Å². The van der Waals surface area contributed by atoms with E-state index in [4.69, 9.17) is 0 Å². The average Bonchev–Trinajstić information content (AvgIpc) is 2.61. The first-order chi connectivity index (χ1) is 12.4. The molecule has 0 fully saturated rings. The number of anilines is 1. The Morgan fingerprint density at radius 1 is 1.23 bits per heavy atom. The first-order valence-corrected chi connectivity index (χ1v) is 8.83. The van der Waals surface area contributed by atoms with E-state index in [1.165, 1.54) is 23.9 Å². The van der Waals surface area contributed by atoms with Crippen molar-refractivity contribution in [3.63, 3.8) is 0 Å². The molecule has 1 heterocycles. The van der Waals surface area contributed by atoms with Crippen LogP contribution >= 0.6 is 11.8 Å². The minimum absolute atomic E-state index is 0.0604. The summed E-state index contributed by atoms with van der Waals surface area (Å²) in [4.78, 5) is 24.8. The van der Waals surface area contributed by atoms with Crippen molar-refractivity contribution in [1.82, 2.24) is 5.32 Å². The fraction of sp³-hybridized carbons (Fsp3) is 0.222. The predicted molar refractivity (Wildman–Crippen MR) is 94.8 cm³/mol. The summed E-state index contributed by atoms with van der Waals surface area (Å²) in [5.41, 5.74) is 1.80. The molecule has 0 aromatic heterocycles. The zero-order valence-corrected chi connectivity index (χ0v) is 14.6. The van der Waals surface area contributed by atoms with Crippen LogP contribution in [0.25, 0.3) is 0 Å². The maximum Gasteiger partial charge on any atom is 0.387 e. The second kappa shape index (κ2) is 7.74. The fourth-order valence-corrected chi connectivity index (χ4v) is 3.31. The van der Waals surface area contributed by atoms with Gasteiger partial charge < -0.3 is 15.4 Å². The van der Waals surface area contributed by atoms with E-state index < -0.39 is 6.61 Å². The number of amides is 2. The van der Waals surface area contributed by atoms with Gasteiger partial charge in [-0.3, -0.25) is 9.59 Å². The van der Waals surface area contributed by atoms with Crippen molar-refractivity contribution in [3.05, 3.63) is 53.6 Å². The molecule has 1 atom stereocenters. The third-order valence-electron chi connectivity index (χ3n) is 3.83. The monoisotopic (exact) mass is 378 g/mol. The van der Waals surface area contributed by atoms with Crippen molar-refractivity contribution in [2.75, 3.05) is 11.1 Å². The van der Waals surface area contributed by atoms with Crippen molar-refractivity contribution in [3.8, 4) is 5.75 Å². The lowest BCUT2D eigenvalue weighted by Gasteiger charge is -2.18. The number of carbonyl (C=O) groups is 2. The average molecular weight is 378 g/mol. The molecule has 3 rings (SSSR count). The SMILES string of the molecule is CC(NC(=O)c1ccc2c(c1)NC(=O)CS2)c1ccc(OC(F)F)cc1. The van der Waals surface area contributed by atoms with Gasteiger partial charge in [0.1, 0.15) is 5.75 Å². The number of carbonyl (C=O) groups excluding carboxylic acids is 2. The normalized spacial score (nSPS) is 14.4. The molecule has 26 heavy (non-hydrogen) atoms. The van der Waals surface area contributed by atoms with Gasteiger partial charge in [0.05, 0.1) is 17.5 Å². The van der Waals surface area contributed by atoms with Crippen LogP contribution in [0.5, 0.6) is 5.75 Å². The van der Waals surface area contributed by atoms with E-state index in [0.717, 1.165) is 10.5 Å². The maximum absolute atomic E-state index is 12.5. The lowest BCUT2D eigenvalue weighted by atomic mass is 10.1. The van der Waals surface area contributed by atoms with Gasteiger partial charge in [-0.05, 0) is 42.8 Å². The quantitative estimate of drug-likeness (QED) is 0.830. The lowest BCUT2D eigenvalue weighted by molar-refractivity contribution is -0.113. The number of nitrogens with one attached hydrogen (secondary N) is 2. The minimum Gasteiger partial charge on any atom is -0.435 e. The number of benzene rings is 2. The number of hydrogen-bond acceptors (Lipinski definition) is 4. The van der Waals surface area contributed by atoms with Gasteiger partial charge in [-0.25, -0.2) is 0 Å². The third-order valence-corrected chi connectivity index (χ3v) is 4.90. The second-order valence-electron chi connectivity index (χ2n) is 5.69. The second-order valence-corrected chi connectivity index (χ2v) is 6.71. The van der Waals surface area contributed by atoms with Crippen LogP contribution in [0.1, 0.15) is 28.9 Å². The number of rotatable bonds is 5. The molecule has 0 radical (unpaired) electrons. The number of halogens is 2. The summed E-state index contributed by atoms with van der Waals surface area (Å²) in [6.45, 7) is -1.09. The standard InChI is InChI=1S/C18H16F2N2O3S/c1-10(11-2-5-13(6-3-11)25-18(19)20)21-17(24)12-4-7-15-14(8-12)22-16(23)9-26-15/h2-8,10,18H,9H2,1H3,(H,21,24)(H,22,23). The Morgan fingerprint density at radius 3 is 2.65 bits per heavy atom. The minimum atomic E-state index is -2.87. The summed E-state index contributed by atoms with van der Waals surface area (Å²) in [5, 5.41) is 5.59. The van der Waals surface area contributed by atoms with Crippen molar-refractivity contribution in [2.24, 2.45) is 0 Å². The Bertz CT molecular complexity index is 828. The van der Waals surface area contributed by atoms with Gasteiger partial charge in [0, 0.05) is 10.5 Å². The summed E-state index contributed by atoms with van der Waals surface area (Å²) in [6, 6.07) is 10.9. The van der Waals surface area contributed by atoms with Crippen LogP contribution in [0.3, 0.4) is 0 Å². The van der Waals surface area contributed by atoms with E-state index in [2.05, 4.69) is 15.4 Å². The molecule has 0 saturated carbocycles. The topological polar surface area (TPSA) is 67.4 Å². The van der Waals surface area contributed by atoms with Crippen LogP contribution in [0.4, 0.5) is 14.5 Å². The van der Waals surface area contributed by atoms with Gasteiger partial charge >= 0.3 is 6.61 Å². The fourth-order valence-electron chi connectivity index (χ4n) is 2.53. The molecule has 0 bridgehead atoms. The molecule has 2 N–H and O–H groups in total. The van der Waals surface area contributed by atoms with E-state index in [1.807, 2.05) is 0 Å². The van der Waals surface area contributed by atoms with Gasteiger partial charge in [-0.2, -0.15) is 8.78 Å². The molecule has 0 saturated heterocycles. The highest BCUT2D eigenvalue weighted by Crippen LogP contribution is 2.32.